The van der Waals surface area contributed by atoms with Gasteiger partial charge in [-0.05, 0) is 48.7 Å². The summed E-state index contributed by atoms with van der Waals surface area (Å²) in [6.45, 7) is 1.45. The summed E-state index contributed by atoms with van der Waals surface area (Å²) >= 11 is 5.77. The van der Waals surface area contributed by atoms with Crippen LogP contribution >= 0.6 is 11.6 Å². The van der Waals surface area contributed by atoms with Gasteiger partial charge in [-0.3, -0.25) is 19.3 Å². The molecule has 1 aliphatic heterocycles. The molecule has 1 amide bonds. The number of rotatable bonds is 2. The molecule has 3 atom stereocenters. The lowest BCUT2D eigenvalue weighted by molar-refractivity contribution is -0.137. The number of aryl methyl sites for hydroxylation is 1. The maximum Gasteiger partial charge on any atom is 0.417 e. The molecule has 214 valence electrons. The van der Waals surface area contributed by atoms with E-state index in [1.807, 2.05) is 0 Å². The number of pyridine rings is 2. The third-order valence-electron chi connectivity index (χ3n) is 7.24. The molecule has 0 aliphatic carbocycles. The minimum absolute atomic E-state index is 0.0338. The van der Waals surface area contributed by atoms with E-state index < -0.39 is 57.7 Å². The van der Waals surface area contributed by atoms with E-state index in [2.05, 4.69) is 15.4 Å². The molecule has 13 heteroatoms. The van der Waals surface area contributed by atoms with Crippen molar-refractivity contribution in [1.29, 1.82) is 0 Å². The quantitative estimate of drug-likeness (QED) is 0.273. The standard InChI is InChI=1S/C28H23ClF5N5O2/c1-14-19(30)5-6-22(20-11-16(7-9-35-20)26-21(37-27(14)41)13-36-38(26)2)39-10-8-15(12-23(39)40)24-17(28(32,33)34)3-4-18(29)25(24)31/h3-4,7-14,19,22H,5-6H2,1-2H3,(H,37,41)/t14-,19?,22+/m1/s1. The zero-order chi connectivity index (χ0) is 29.6. The van der Waals surface area contributed by atoms with E-state index in [0.717, 1.165) is 12.1 Å². The zero-order valence-corrected chi connectivity index (χ0v) is 22.5. The molecule has 0 radical (unpaired) electrons. The lowest BCUT2D eigenvalue weighted by atomic mass is 9.95. The van der Waals surface area contributed by atoms with Gasteiger partial charge in [0.15, 0.2) is 0 Å². The Morgan fingerprint density at radius 1 is 1.07 bits per heavy atom. The number of halogens is 6. The molecule has 2 bridgehead atoms. The van der Waals surface area contributed by atoms with Crippen molar-refractivity contribution >= 4 is 23.2 Å². The molecular formula is C28H23ClF5N5O2. The second-order valence-electron chi connectivity index (χ2n) is 9.83. The fraction of sp³-hybridized carbons (Fsp3) is 0.286. The van der Waals surface area contributed by atoms with Gasteiger partial charge in [-0.2, -0.15) is 18.3 Å². The van der Waals surface area contributed by atoms with Gasteiger partial charge < -0.3 is 9.88 Å². The van der Waals surface area contributed by atoms with Crippen LogP contribution in [0.3, 0.4) is 0 Å². The Labute approximate surface area is 235 Å². The summed E-state index contributed by atoms with van der Waals surface area (Å²) in [5.74, 6) is -2.87. The van der Waals surface area contributed by atoms with Crippen molar-refractivity contribution in [3.63, 3.8) is 0 Å². The minimum Gasteiger partial charge on any atom is -0.323 e. The highest BCUT2D eigenvalue weighted by molar-refractivity contribution is 6.31. The Morgan fingerprint density at radius 2 is 1.83 bits per heavy atom. The highest BCUT2D eigenvalue weighted by Crippen LogP contribution is 2.40. The molecule has 0 saturated heterocycles. The van der Waals surface area contributed by atoms with Crippen molar-refractivity contribution in [3.05, 3.63) is 87.4 Å². The van der Waals surface area contributed by atoms with Gasteiger partial charge in [0, 0.05) is 36.6 Å². The molecule has 4 aromatic rings. The summed E-state index contributed by atoms with van der Waals surface area (Å²) < 4.78 is 73.9. The molecule has 0 spiro atoms. The predicted molar refractivity (Wildman–Crippen MR) is 143 cm³/mol. The highest BCUT2D eigenvalue weighted by Gasteiger charge is 2.36. The minimum atomic E-state index is -4.91. The summed E-state index contributed by atoms with van der Waals surface area (Å²) in [5.41, 5.74) is -1.32. The first-order valence-electron chi connectivity index (χ1n) is 12.6. The Bertz CT molecular complexity index is 1700. The van der Waals surface area contributed by atoms with E-state index in [4.69, 9.17) is 11.6 Å². The zero-order valence-electron chi connectivity index (χ0n) is 21.7. The molecule has 1 aromatic carbocycles. The molecule has 4 heterocycles. The Morgan fingerprint density at radius 3 is 2.54 bits per heavy atom. The molecule has 41 heavy (non-hydrogen) atoms. The van der Waals surface area contributed by atoms with Crippen LogP contribution in [-0.2, 0) is 18.0 Å². The number of hydrogen-bond donors (Lipinski definition) is 1. The first kappa shape index (κ1) is 28.5. The first-order chi connectivity index (χ1) is 19.4. The van der Waals surface area contributed by atoms with Crippen molar-refractivity contribution in [3.8, 4) is 22.4 Å². The number of nitrogens with one attached hydrogen (secondary N) is 1. The second kappa shape index (κ2) is 10.7. The van der Waals surface area contributed by atoms with Crippen molar-refractivity contribution in [2.45, 2.75) is 38.2 Å². The van der Waals surface area contributed by atoms with Gasteiger partial charge in [0.25, 0.3) is 5.56 Å². The Hall–Kier alpha value is -4.06. The fourth-order valence-electron chi connectivity index (χ4n) is 5.03. The lowest BCUT2D eigenvalue weighted by Crippen LogP contribution is -2.30. The second-order valence-corrected chi connectivity index (χ2v) is 10.2. The van der Waals surface area contributed by atoms with Crippen LogP contribution in [0.4, 0.5) is 27.6 Å². The summed E-state index contributed by atoms with van der Waals surface area (Å²) in [6, 6.07) is 6.02. The van der Waals surface area contributed by atoms with Gasteiger partial charge in [-0.25, -0.2) is 8.78 Å². The van der Waals surface area contributed by atoms with E-state index >= 15 is 4.39 Å². The van der Waals surface area contributed by atoms with Crippen LogP contribution in [-0.4, -0.2) is 31.4 Å². The van der Waals surface area contributed by atoms with Crippen molar-refractivity contribution in [1.82, 2.24) is 19.3 Å². The number of fused-ring (bicyclic) bond motifs is 4. The SMILES string of the molecule is C[C@H]1C(=O)Nc2cnn(C)c2-c2ccnc(c2)[C@@H](n2ccc(-c3c(C(F)(F)F)ccc(Cl)c3F)cc2=O)CCC1F. The van der Waals surface area contributed by atoms with Crippen LogP contribution in [0.1, 0.15) is 37.1 Å². The van der Waals surface area contributed by atoms with Crippen molar-refractivity contribution in [2.24, 2.45) is 13.0 Å². The lowest BCUT2D eigenvalue weighted by Gasteiger charge is -2.24. The van der Waals surface area contributed by atoms with Crippen molar-refractivity contribution < 1.29 is 26.7 Å². The van der Waals surface area contributed by atoms with E-state index in [0.29, 0.717) is 28.7 Å². The molecule has 0 fully saturated rings. The Balaban J connectivity index is 1.65. The van der Waals surface area contributed by atoms with Gasteiger partial charge >= 0.3 is 6.18 Å². The predicted octanol–water partition coefficient (Wildman–Crippen LogP) is 6.42. The normalized spacial score (nSPS) is 19.6. The third-order valence-corrected chi connectivity index (χ3v) is 7.53. The monoisotopic (exact) mass is 591 g/mol. The van der Waals surface area contributed by atoms with E-state index in [9.17, 15) is 27.2 Å². The summed E-state index contributed by atoms with van der Waals surface area (Å²) in [7, 11) is 1.67. The number of hydrogen-bond acceptors (Lipinski definition) is 4. The average molecular weight is 592 g/mol. The van der Waals surface area contributed by atoms with Gasteiger partial charge in [-0.1, -0.05) is 18.5 Å². The molecule has 0 saturated carbocycles. The summed E-state index contributed by atoms with van der Waals surface area (Å²) in [5, 5.41) is 6.40. The van der Waals surface area contributed by atoms with E-state index in [-0.39, 0.29) is 18.4 Å². The number of alkyl halides is 4. The number of benzene rings is 1. The molecular weight excluding hydrogens is 569 g/mol. The fourth-order valence-corrected chi connectivity index (χ4v) is 5.19. The smallest absolute Gasteiger partial charge is 0.323 e. The average Bonchev–Trinajstić information content (AvgIpc) is 3.28. The first-order valence-corrected chi connectivity index (χ1v) is 13.0. The number of aromatic nitrogens is 4. The van der Waals surface area contributed by atoms with E-state index in [1.165, 1.54) is 40.8 Å². The maximum absolute atomic E-state index is 15.2. The number of amides is 1. The Kier molecular flexibility index (Phi) is 7.45. The van der Waals surface area contributed by atoms with Crippen LogP contribution in [0, 0.1) is 11.7 Å². The third kappa shape index (κ3) is 5.35. The largest absolute Gasteiger partial charge is 0.417 e. The number of carbonyl (C=O) groups is 1. The molecule has 3 aromatic heterocycles. The van der Waals surface area contributed by atoms with Gasteiger partial charge in [0.1, 0.15) is 12.0 Å². The highest BCUT2D eigenvalue weighted by atomic mass is 35.5. The van der Waals surface area contributed by atoms with Crippen molar-refractivity contribution in [2.75, 3.05) is 5.32 Å². The molecule has 1 aliphatic rings. The molecule has 1 N–H and O–H groups in total. The molecule has 1 unspecified atom stereocenters. The number of anilines is 1. The van der Waals surface area contributed by atoms with Crippen LogP contribution in [0.15, 0.2) is 59.8 Å². The van der Waals surface area contributed by atoms with Crippen LogP contribution in [0.2, 0.25) is 5.02 Å². The van der Waals surface area contributed by atoms with Gasteiger partial charge in [-0.15, -0.1) is 0 Å². The number of carbonyl (C=O) groups excluding carboxylic acids is 1. The molecule has 5 rings (SSSR count). The topological polar surface area (TPSA) is 81.8 Å². The van der Waals surface area contributed by atoms with Gasteiger partial charge in [0.2, 0.25) is 5.91 Å². The van der Waals surface area contributed by atoms with Gasteiger partial charge in [0.05, 0.1) is 45.8 Å². The maximum atomic E-state index is 15.2. The molecule has 7 nitrogen and oxygen atoms in total. The van der Waals surface area contributed by atoms with Crippen LogP contribution < -0.4 is 10.9 Å². The number of nitrogens with zero attached hydrogens (tertiary/aromatic N) is 4. The van der Waals surface area contributed by atoms with Crippen LogP contribution in [0.5, 0.6) is 0 Å². The van der Waals surface area contributed by atoms with E-state index in [1.54, 1.807) is 19.2 Å². The summed E-state index contributed by atoms with van der Waals surface area (Å²) in [4.78, 5) is 30.6. The van der Waals surface area contributed by atoms with Crippen LogP contribution in [0.25, 0.3) is 22.4 Å². The summed E-state index contributed by atoms with van der Waals surface area (Å²) in [6.07, 6.45) is -2.41.